The normalized spacial score (nSPS) is 29.0. The second-order valence-corrected chi connectivity index (χ2v) is 8.34. The van der Waals surface area contributed by atoms with E-state index in [0.717, 1.165) is 32.4 Å². The van der Waals surface area contributed by atoms with Gasteiger partial charge in [0.15, 0.2) is 15.7 Å². The summed E-state index contributed by atoms with van der Waals surface area (Å²) in [6, 6.07) is 0.0129. The molecule has 2 fully saturated rings. The summed E-state index contributed by atoms with van der Waals surface area (Å²) < 4.78 is 29.2. The number of hydrogen-bond acceptors (Lipinski definition) is 7. The molecule has 0 unspecified atom stereocenters. The molecule has 1 aromatic heterocycles. The highest BCUT2D eigenvalue weighted by Gasteiger charge is 2.41. The van der Waals surface area contributed by atoms with Crippen molar-refractivity contribution < 1.29 is 12.9 Å². The quantitative estimate of drug-likeness (QED) is 0.835. The van der Waals surface area contributed by atoms with Crippen molar-refractivity contribution >= 4 is 9.84 Å². The SMILES string of the molecule is CCc1noc(CN[C@@H]2CS(=O)(=O)C[C@@H]2N2CCCCC2)n1. The van der Waals surface area contributed by atoms with Gasteiger partial charge in [0.05, 0.1) is 18.1 Å². The molecule has 7 nitrogen and oxygen atoms in total. The fraction of sp³-hybridized carbons (Fsp3) is 0.857. The lowest BCUT2D eigenvalue weighted by atomic mass is 10.1. The molecule has 0 aliphatic carbocycles. The van der Waals surface area contributed by atoms with Crippen molar-refractivity contribution in [3.63, 3.8) is 0 Å². The van der Waals surface area contributed by atoms with Crippen molar-refractivity contribution in [2.24, 2.45) is 0 Å². The summed E-state index contributed by atoms with van der Waals surface area (Å²) in [4.78, 5) is 6.59. The lowest BCUT2D eigenvalue weighted by Crippen LogP contribution is -2.50. The molecular formula is C14H24N4O3S. The molecule has 2 aliphatic heterocycles. The van der Waals surface area contributed by atoms with Crippen LogP contribution in [0.3, 0.4) is 0 Å². The van der Waals surface area contributed by atoms with E-state index in [1.165, 1.54) is 6.42 Å². The molecule has 8 heteroatoms. The Morgan fingerprint density at radius 2 is 2.05 bits per heavy atom. The number of nitrogens with one attached hydrogen (secondary N) is 1. The lowest BCUT2D eigenvalue weighted by Gasteiger charge is -2.34. The number of piperidine rings is 1. The zero-order chi connectivity index (χ0) is 15.6. The standard InChI is InChI=1S/C14H24N4O3S/c1-2-13-16-14(21-17-13)8-15-11-9-22(19,20)10-12(11)18-6-4-3-5-7-18/h11-12,15H,2-10H2,1H3/t11-,12+/m1/s1. The summed E-state index contributed by atoms with van der Waals surface area (Å²) in [5.41, 5.74) is 0. The number of aryl methyl sites for hydroxylation is 1. The fourth-order valence-corrected chi connectivity index (χ4v) is 5.34. The number of hydrogen-bond donors (Lipinski definition) is 1. The first kappa shape index (κ1) is 15.9. The van der Waals surface area contributed by atoms with E-state index in [4.69, 9.17) is 4.52 Å². The molecule has 2 aliphatic rings. The molecule has 1 aromatic rings. The highest BCUT2D eigenvalue weighted by Crippen LogP contribution is 2.22. The van der Waals surface area contributed by atoms with Gasteiger partial charge in [0.25, 0.3) is 0 Å². The summed E-state index contributed by atoms with van der Waals surface area (Å²) in [6.07, 6.45) is 4.30. The van der Waals surface area contributed by atoms with Crippen molar-refractivity contribution in [1.82, 2.24) is 20.4 Å². The van der Waals surface area contributed by atoms with E-state index in [1.807, 2.05) is 6.92 Å². The van der Waals surface area contributed by atoms with Crippen LogP contribution in [0.5, 0.6) is 0 Å². The lowest BCUT2D eigenvalue weighted by molar-refractivity contribution is 0.153. The molecule has 0 saturated carbocycles. The summed E-state index contributed by atoms with van der Waals surface area (Å²) in [5, 5.41) is 7.18. The zero-order valence-electron chi connectivity index (χ0n) is 13.0. The Morgan fingerprint density at radius 3 is 2.73 bits per heavy atom. The van der Waals surface area contributed by atoms with Gasteiger partial charge in [-0.1, -0.05) is 18.5 Å². The highest BCUT2D eigenvalue weighted by atomic mass is 32.2. The number of sulfone groups is 1. The second kappa shape index (κ2) is 6.64. The molecule has 0 aromatic carbocycles. The van der Waals surface area contributed by atoms with Crippen LogP contribution in [0.25, 0.3) is 0 Å². The Bertz CT molecular complexity index is 595. The minimum atomic E-state index is -2.97. The highest BCUT2D eigenvalue weighted by molar-refractivity contribution is 7.91. The summed E-state index contributed by atoms with van der Waals surface area (Å²) in [6.45, 7) is 4.40. The largest absolute Gasteiger partial charge is 0.338 e. The van der Waals surface area contributed by atoms with Crippen LogP contribution in [0.1, 0.15) is 37.9 Å². The van der Waals surface area contributed by atoms with Crippen LogP contribution in [0.4, 0.5) is 0 Å². The van der Waals surface area contributed by atoms with E-state index in [2.05, 4.69) is 20.4 Å². The molecule has 0 bridgehead atoms. The molecule has 124 valence electrons. The molecule has 2 saturated heterocycles. The Kier molecular flexibility index (Phi) is 4.79. The fourth-order valence-electron chi connectivity index (χ4n) is 3.36. The molecule has 1 N–H and O–H groups in total. The number of aromatic nitrogens is 2. The predicted molar refractivity (Wildman–Crippen MR) is 82.2 cm³/mol. The first-order chi connectivity index (χ1) is 10.6. The van der Waals surface area contributed by atoms with Crippen molar-refractivity contribution in [3.05, 3.63) is 11.7 Å². The van der Waals surface area contributed by atoms with Gasteiger partial charge in [-0.05, 0) is 25.9 Å². The molecular weight excluding hydrogens is 304 g/mol. The van der Waals surface area contributed by atoms with Gasteiger partial charge in [-0.15, -0.1) is 0 Å². The van der Waals surface area contributed by atoms with Gasteiger partial charge >= 0.3 is 0 Å². The Labute approximate surface area is 131 Å². The first-order valence-corrected chi connectivity index (χ1v) is 9.89. The van der Waals surface area contributed by atoms with Gasteiger partial charge in [-0.2, -0.15) is 4.98 Å². The smallest absolute Gasteiger partial charge is 0.240 e. The monoisotopic (exact) mass is 328 g/mol. The van der Waals surface area contributed by atoms with Crippen LogP contribution in [0, 0.1) is 0 Å². The molecule has 0 radical (unpaired) electrons. The molecule has 0 spiro atoms. The first-order valence-electron chi connectivity index (χ1n) is 8.07. The van der Waals surface area contributed by atoms with E-state index < -0.39 is 9.84 Å². The molecule has 3 rings (SSSR count). The van der Waals surface area contributed by atoms with Crippen LogP contribution in [-0.4, -0.2) is 60.1 Å². The molecule has 2 atom stereocenters. The maximum atomic E-state index is 12.0. The number of nitrogens with zero attached hydrogens (tertiary/aromatic N) is 3. The average molecular weight is 328 g/mol. The van der Waals surface area contributed by atoms with E-state index in [0.29, 0.717) is 18.3 Å². The van der Waals surface area contributed by atoms with E-state index in [-0.39, 0.29) is 23.6 Å². The molecule has 22 heavy (non-hydrogen) atoms. The minimum Gasteiger partial charge on any atom is -0.338 e. The topological polar surface area (TPSA) is 88.3 Å². The van der Waals surface area contributed by atoms with Gasteiger partial charge in [-0.3, -0.25) is 4.90 Å². The van der Waals surface area contributed by atoms with Gasteiger partial charge in [0.2, 0.25) is 5.89 Å². The maximum absolute atomic E-state index is 12.0. The minimum absolute atomic E-state index is 0.0555. The van der Waals surface area contributed by atoms with Crippen molar-refractivity contribution in [3.8, 4) is 0 Å². The van der Waals surface area contributed by atoms with E-state index in [1.54, 1.807) is 0 Å². The summed E-state index contributed by atoms with van der Waals surface area (Å²) >= 11 is 0. The van der Waals surface area contributed by atoms with Crippen molar-refractivity contribution in [2.75, 3.05) is 24.6 Å². The van der Waals surface area contributed by atoms with Gasteiger partial charge in [-0.25, -0.2) is 8.42 Å². The molecule has 0 amide bonds. The third-order valence-corrected chi connectivity index (χ3v) is 6.24. The third kappa shape index (κ3) is 3.67. The summed E-state index contributed by atoms with van der Waals surface area (Å²) in [5.74, 6) is 1.67. The van der Waals surface area contributed by atoms with Gasteiger partial charge in [0.1, 0.15) is 0 Å². The Balaban J connectivity index is 1.64. The van der Waals surface area contributed by atoms with Crippen LogP contribution >= 0.6 is 0 Å². The van der Waals surface area contributed by atoms with Gasteiger partial charge < -0.3 is 9.84 Å². The average Bonchev–Trinajstić information content (AvgIpc) is 3.09. The van der Waals surface area contributed by atoms with Gasteiger partial charge in [0, 0.05) is 18.5 Å². The van der Waals surface area contributed by atoms with E-state index >= 15 is 0 Å². The summed E-state index contributed by atoms with van der Waals surface area (Å²) in [7, 11) is -2.97. The number of rotatable bonds is 5. The van der Waals surface area contributed by atoms with Crippen LogP contribution in [-0.2, 0) is 22.8 Å². The Hall–Kier alpha value is -0.990. The zero-order valence-corrected chi connectivity index (χ0v) is 13.8. The Morgan fingerprint density at radius 1 is 1.27 bits per heavy atom. The van der Waals surface area contributed by atoms with Crippen LogP contribution < -0.4 is 5.32 Å². The molecule has 3 heterocycles. The van der Waals surface area contributed by atoms with Crippen LogP contribution in [0.2, 0.25) is 0 Å². The van der Waals surface area contributed by atoms with Crippen LogP contribution in [0.15, 0.2) is 4.52 Å². The second-order valence-electron chi connectivity index (χ2n) is 6.19. The third-order valence-electron chi connectivity index (χ3n) is 4.52. The predicted octanol–water partition coefficient (Wildman–Crippen LogP) is 0.373. The van der Waals surface area contributed by atoms with Crippen molar-refractivity contribution in [2.45, 2.75) is 51.2 Å². The maximum Gasteiger partial charge on any atom is 0.240 e. The number of likely N-dealkylation sites (tertiary alicyclic amines) is 1. The van der Waals surface area contributed by atoms with Crippen molar-refractivity contribution in [1.29, 1.82) is 0 Å². The van der Waals surface area contributed by atoms with E-state index in [9.17, 15) is 8.42 Å².